The topological polar surface area (TPSA) is 85.5 Å². The lowest BCUT2D eigenvalue weighted by Gasteiger charge is -2.36. The van der Waals surface area contributed by atoms with E-state index in [0.29, 0.717) is 12.4 Å². The summed E-state index contributed by atoms with van der Waals surface area (Å²) < 4.78 is 64.6. The molecule has 2 heterocycles. The minimum Gasteiger partial charge on any atom is -0.492 e. The fraction of sp³-hybridized carbons (Fsp3) is 0.263. The van der Waals surface area contributed by atoms with Gasteiger partial charge in [-0.05, 0) is 31.2 Å². The quantitative estimate of drug-likeness (QED) is 0.608. The second-order valence-corrected chi connectivity index (χ2v) is 8.39. The highest BCUT2D eigenvalue weighted by Gasteiger charge is 2.41. The predicted molar refractivity (Wildman–Crippen MR) is 98.8 cm³/mol. The summed E-state index contributed by atoms with van der Waals surface area (Å²) in [5.41, 5.74) is 0.0100. The Bertz CT molecular complexity index is 1140. The summed E-state index contributed by atoms with van der Waals surface area (Å²) >= 11 is 0. The molecule has 4 rings (SSSR count). The first-order valence-electron chi connectivity index (χ1n) is 8.91. The van der Waals surface area contributed by atoms with E-state index in [1.165, 1.54) is 16.4 Å². The minimum atomic E-state index is -3.74. The van der Waals surface area contributed by atoms with Crippen LogP contribution in [0.1, 0.15) is 18.7 Å². The molecule has 2 aromatic carbocycles. The summed E-state index contributed by atoms with van der Waals surface area (Å²) in [6, 6.07) is 9.50. The molecule has 0 aliphatic carbocycles. The van der Waals surface area contributed by atoms with Crippen molar-refractivity contribution in [3.8, 4) is 17.1 Å². The van der Waals surface area contributed by atoms with Gasteiger partial charge in [-0.2, -0.15) is 9.29 Å². The van der Waals surface area contributed by atoms with E-state index in [1.54, 1.807) is 25.1 Å². The van der Waals surface area contributed by atoms with Crippen LogP contribution in [0, 0.1) is 11.6 Å². The number of ether oxygens (including phenoxy) is 1. The van der Waals surface area contributed by atoms with E-state index in [2.05, 4.69) is 10.1 Å². The van der Waals surface area contributed by atoms with Gasteiger partial charge in [0.15, 0.2) is 0 Å². The van der Waals surface area contributed by atoms with Crippen LogP contribution in [0.3, 0.4) is 0 Å². The standard InChI is InChI=1S/C19H17F2N3O4S/c1-2-27-16-5-3-4-6-17(16)29(25,26)24-10-12(11-24)19-22-18(23-28-19)14-8-7-13(20)9-15(14)21/h3-9,12H,2,10-11H2,1H3. The molecule has 1 aliphatic heterocycles. The number of sulfonamides is 1. The second-order valence-electron chi connectivity index (χ2n) is 6.48. The maximum Gasteiger partial charge on any atom is 0.246 e. The van der Waals surface area contributed by atoms with E-state index in [9.17, 15) is 17.2 Å². The van der Waals surface area contributed by atoms with E-state index >= 15 is 0 Å². The molecule has 1 saturated heterocycles. The Hall–Kier alpha value is -2.85. The average Bonchev–Trinajstić information content (AvgIpc) is 3.10. The highest BCUT2D eigenvalue weighted by Crippen LogP contribution is 2.35. The third-order valence-corrected chi connectivity index (χ3v) is 6.45. The zero-order chi connectivity index (χ0) is 20.6. The molecule has 0 unspecified atom stereocenters. The van der Waals surface area contributed by atoms with E-state index in [4.69, 9.17) is 9.26 Å². The van der Waals surface area contributed by atoms with Gasteiger partial charge in [-0.15, -0.1) is 0 Å². The highest BCUT2D eigenvalue weighted by molar-refractivity contribution is 7.89. The van der Waals surface area contributed by atoms with Crippen LogP contribution in [0.2, 0.25) is 0 Å². The van der Waals surface area contributed by atoms with Crippen molar-refractivity contribution >= 4 is 10.0 Å². The Morgan fingerprint density at radius 3 is 2.69 bits per heavy atom. The van der Waals surface area contributed by atoms with Crippen LogP contribution in [-0.4, -0.2) is 42.6 Å². The molecule has 0 saturated carbocycles. The summed E-state index contributed by atoms with van der Waals surface area (Å²) in [6.45, 7) is 2.42. The van der Waals surface area contributed by atoms with E-state index < -0.39 is 21.7 Å². The number of nitrogens with zero attached hydrogens (tertiary/aromatic N) is 3. The van der Waals surface area contributed by atoms with Gasteiger partial charge in [0.2, 0.25) is 21.7 Å². The summed E-state index contributed by atoms with van der Waals surface area (Å²) in [6.07, 6.45) is 0. The van der Waals surface area contributed by atoms with Crippen molar-refractivity contribution in [3.63, 3.8) is 0 Å². The Balaban J connectivity index is 1.50. The molecule has 3 aromatic rings. The molecule has 1 aromatic heterocycles. The zero-order valence-electron chi connectivity index (χ0n) is 15.4. The Morgan fingerprint density at radius 1 is 1.21 bits per heavy atom. The number of para-hydroxylation sites is 1. The fourth-order valence-electron chi connectivity index (χ4n) is 3.05. The summed E-state index contributed by atoms with van der Waals surface area (Å²) in [5.74, 6) is -1.34. The molecule has 7 nitrogen and oxygen atoms in total. The van der Waals surface area contributed by atoms with E-state index in [1.807, 2.05) is 0 Å². The van der Waals surface area contributed by atoms with Crippen LogP contribution in [0.15, 0.2) is 51.9 Å². The Labute approximate surface area is 166 Å². The smallest absolute Gasteiger partial charge is 0.246 e. The lowest BCUT2D eigenvalue weighted by atomic mass is 10.0. The molecule has 0 N–H and O–H groups in total. The molecule has 0 bridgehead atoms. The van der Waals surface area contributed by atoms with E-state index in [0.717, 1.165) is 12.1 Å². The summed E-state index contributed by atoms with van der Waals surface area (Å²) in [5, 5.41) is 3.73. The Kier molecular flexibility index (Phi) is 5.05. The lowest BCUT2D eigenvalue weighted by Crippen LogP contribution is -2.48. The van der Waals surface area contributed by atoms with Crippen LogP contribution in [0.5, 0.6) is 5.75 Å². The number of benzene rings is 2. The van der Waals surface area contributed by atoms with Crippen molar-refractivity contribution in [1.82, 2.24) is 14.4 Å². The van der Waals surface area contributed by atoms with Gasteiger partial charge in [0.25, 0.3) is 0 Å². The molecule has 1 aliphatic rings. The largest absolute Gasteiger partial charge is 0.492 e. The van der Waals surface area contributed by atoms with Crippen LogP contribution in [-0.2, 0) is 10.0 Å². The first-order valence-corrected chi connectivity index (χ1v) is 10.3. The van der Waals surface area contributed by atoms with Crippen LogP contribution in [0.4, 0.5) is 8.78 Å². The van der Waals surface area contributed by atoms with Crippen molar-refractivity contribution in [2.45, 2.75) is 17.7 Å². The average molecular weight is 421 g/mol. The number of hydrogen-bond acceptors (Lipinski definition) is 6. The summed E-state index contributed by atoms with van der Waals surface area (Å²) in [7, 11) is -3.74. The second kappa shape index (κ2) is 7.53. The Morgan fingerprint density at radius 2 is 1.97 bits per heavy atom. The third kappa shape index (κ3) is 3.60. The first kappa shape index (κ1) is 19.5. The molecule has 0 atom stereocenters. The van der Waals surface area contributed by atoms with Gasteiger partial charge in [-0.1, -0.05) is 17.3 Å². The van der Waals surface area contributed by atoms with Crippen LogP contribution < -0.4 is 4.74 Å². The molecule has 29 heavy (non-hydrogen) atoms. The van der Waals surface area contributed by atoms with Gasteiger partial charge in [-0.25, -0.2) is 17.2 Å². The van der Waals surface area contributed by atoms with Gasteiger partial charge in [0, 0.05) is 19.2 Å². The SMILES string of the molecule is CCOc1ccccc1S(=O)(=O)N1CC(c2nc(-c3ccc(F)cc3F)no2)C1. The normalized spacial score (nSPS) is 15.3. The zero-order valence-corrected chi connectivity index (χ0v) is 16.2. The fourth-order valence-corrected chi connectivity index (χ4v) is 4.71. The third-order valence-electron chi connectivity index (χ3n) is 4.58. The van der Waals surface area contributed by atoms with E-state index in [-0.39, 0.29) is 41.2 Å². The molecule has 10 heteroatoms. The van der Waals surface area contributed by atoms with Gasteiger partial charge >= 0.3 is 0 Å². The van der Waals surface area contributed by atoms with Gasteiger partial charge in [-0.3, -0.25) is 0 Å². The van der Waals surface area contributed by atoms with Crippen molar-refractivity contribution in [1.29, 1.82) is 0 Å². The van der Waals surface area contributed by atoms with Crippen LogP contribution >= 0.6 is 0 Å². The number of halogens is 2. The molecule has 0 amide bonds. The molecule has 152 valence electrons. The number of hydrogen-bond donors (Lipinski definition) is 0. The minimum absolute atomic E-state index is 0.0100. The molecular formula is C19H17F2N3O4S. The van der Waals surface area contributed by atoms with Crippen molar-refractivity contribution in [3.05, 3.63) is 60.0 Å². The maximum absolute atomic E-state index is 13.9. The highest BCUT2D eigenvalue weighted by atomic mass is 32.2. The van der Waals surface area contributed by atoms with Gasteiger partial charge in [0.05, 0.1) is 18.1 Å². The van der Waals surface area contributed by atoms with Gasteiger partial charge < -0.3 is 9.26 Å². The molecule has 0 spiro atoms. The molecule has 1 fully saturated rings. The number of aromatic nitrogens is 2. The molecular weight excluding hydrogens is 404 g/mol. The maximum atomic E-state index is 13.9. The van der Waals surface area contributed by atoms with Crippen molar-refractivity contribution in [2.75, 3.05) is 19.7 Å². The molecule has 0 radical (unpaired) electrons. The van der Waals surface area contributed by atoms with Gasteiger partial charge in [0.1, 0.15) is 22.3 Å². The van der Waals surface area contributed by atoms with Crippen molar-refractivity contribution in [2.24, 2.45) is 0 Å². The lowest BCUT2D eigenvalue weighted by molar-refractivity contribution is 0.216. The number of rotatable bonds is 6. The van der Waals surface area contributed by atoms with Crippen molar-refractivity contribution < 1.29 is 26.5 Å². The first-order chi connectivity index (χ1) is 13.9. The predicted octanol–water partition coefficient (Wildman–Crippen LogP) is 3.20. The monoisotopic (exact) mass is 421 g/mol. The summed E-state index contributed by atoms with van der Waals surface area (Å²) in [4.78, 5) is 4.24. The van der Waals surface area contributed by atoms with Crippen LogP contribution in [0.25, 0.3) is 11.4 Å².